The molecule has 1 heterocycles. The molecule has 142 valence electrons. The van der Waals surface area contributed by atoms with Crippen molar-refractivity contribution in [2.24, 2.45) is 10.2 Å². The molecule has 0 fully saturated rings. The number of primary sulfonamides is 1. The molecule has 1 aliphatic rings. The van der Waals surface area contributed by atoms with Crippen LogP contribution >= 0.6 is 0 Å². The summed E-state index contributed by atoms with van der Waals surface area (Å²) in [5.74, 6) is -0.131. The largest absolute Gasteiger partial charge is 0.273 e. The molecular weight excluding hydrogens is 362 g/mol. The molecule has 0 bridgehead atoms. The molecule has 0 unspecified atom stereocenters. The van der Waals surface area contributed by atoms with Crippen LogP contribution in [0.3, 0.4) is 0 Å². The van der Waals surface area contributed by atoms with Gasteiger partial charge in [0.1, 0.15) is 0 Å². The minimum Gasteiger partial charge on any atom is -0.273 e. The predicted octanol–water partition coefficient (Wildman–Crippen LogP) is 3.16. The summed E-state index contributed by atoms with van der Waals surface area (Å²) in [5.41, 5.74) is 3.61. The summed E-state index contributed by atoms with van der Waals surface area (Å²) >= 11 is 0. The van der Waals surface area contributed by atoms with Crippen molar-refractivity contribution in [1.29, 1.82) is 0 Å². The lowest BCUT2D eigenvalue weighted by atomic mass is 9.86. The van der Waals surface area contributed by atoms with Crippen molar-refractivity contribution >= 4 is 27.3 Å². The Morgan fingerprint density at radius 3 is 2.07 bits per heavy atom. The van der Waals surface area contributed by atoms with Crippen LogP contribution in [0.25, 0.3) is 0 Å². The van der Waals surface area contributed by atoms with Crippen LogP contribution < -0.4 is 10.1 Å². The zero-order valence-corrected chi connectivity index (χ0v) is 16.5. The number of carbonyl (C=O) groups excluding carboxylic acids is 1. The lowest BCUT2D eigenvalue weighted by Crippen LogP contribution is -2.32. The Morgan fingerprint density at radius 2 is 1.56 bits per heavy atom. The topological polar surface area (TPSA) is 92.8 Å². The molecule has 0 radical (unpaired) electrons. The highest BCUT2D eigenvalue weighted by Gasteiger charge is 2.23. The first-order valence-corrected chi connectivity index (χ1v) is 10.2. The van der Waals surface area contributed by atoms with E-state index in [9.17, 15) is 13.2 Å². The van der Waals surface area contributed by atoms with E-state index in [-0.39, 0.29) is 16.2 Å². The van der Waals surface area contributed by atoms with Gasteiger partial charge in [-0.05, 0) is 40.8 Å². The number of hydrogen-bond donors (Lipinski definition) is 1. The molecule has 0 aromatic heterocycles. The van der Waals surface area contributed by atoms with Gasteiger partial charge in [0, 0.05) is 12.8 Å². The third-order valence-corrected chi connectivity index (χ3v) is 5.46. The van der Waals surface area contributed by atoms with Crippen molar-refractivity contribution in [2.75, 3.05) is 5.01 Å². The van der Waals surface area contributed by atoms with Gasteiger partial charge in [0.2, 0.25) is 15.9 Å². The standard InChI is InChI=1S/C20H23N3O3S/c1-20(2,3)15-6-4-14(5-7-15)18-12-13-19(24)23(22-18)16-8-10-17(11-9-16)27(21,25)26/h4-11H,12-13H2,1-3H3,(H2,21,25,26). The Balaban J connectivity index is 1.91. The lowest BCUT2D eigenvalue weighted by Gasteiger charge is -2.24. The Morgan fingerprint density at radius 1 is 0.963 bits per heavy atom. The number of benzene rings is 2. The van der Waals surface area contributed by atoms with Crippen molar-refractivity contribution in [3.05, 3.63) is 59.7 Å². The highest BCUT2D eigenvalue weighted by atomic mass is 32.2. The van der Waals surface area contributed by atoms with Gasteiger partial charge in [0.25, 0.3) is 0 Å². The van der Waals surface area contributed by atoms with Crippen LogP contribution in [0.4, 0.5) is 5.69 Å². The van der Waals surface area contributed by atoms with Crippen molar-refractivity contribution in [3.63, 3.8) is 0 Å². The minimum absolute atomic E-state index is 0.00215. The second-order valence-electron chi connectivity index (χ2n) is 7.62. The summed E-state index contributed by atoms with van der Waals surface area (Å²) in [4.78, 5) is 12.3. The van der Waals surface area contributed by atoms with Crippen molar-refractivity contribution < 1.29 is 13.2 Å². The average molecular weight is 385 g/mol. The van der Waals surface area contributed by atoms with Gasteiger partial charge in [-0.3, -0.25) is 4.79 Å². The molecule has 2 aromatic rings. The predicted molar refractivity (Wildman–Crippen MR) is 106 cm³/mol. The molecule has 7 heteroatoms. The van der Waals surface area contributed by atoms with Crippen molar-refractivity contribution in [3.8, 4) is 0 Å². The van der Waals surface area contributed by atoms with Gasteiger partial charge in [-0.15, -0.1) is 0 Å². The van der Waals surface area contributed by atoms with Gasteiger partial charge in [-0.1, -0.05) is 45.0 Å². The number of sulfonamides is 1. The van der Waals surface area contributed by atoms with Crippen LogP contribution in [0, 0.1) is 0 Å². The Hall–Kier alpha value is -2.51. The second-order valence-corrected chi connectivity index (χ2v) is 9.18. The molecule has 2 aromatic carbocycles. The highest BCUT2D eigenvalue weighted by Crippen LogP contribution is 2.26. The van der Waals surface area contributed by atoms with Gasteiger partial charge < -0.3 is 0 Å². The summed E-state index contributed by atoms with van der Waals surface area (Å²) in [6, 6.07) is 14.0. The first-order valence-electron chi connectivity index (χ1n) is 8.70. The summed E-state index contributed by atoms with van der Waals surface area (Å²) in [6.45, 7) is 6.48. The van der Waals surface area contributed by atoms with E-state index < -0.39 is 10.0 Å². The maximum atomic E-state index is 12.3. The fourth-order valence-electron chi connectivity index (χ4n) is 2.90. The van der Waals surface area contributed by atoms with E-state index in [0.717, 1.165) is 11.3 Å². The number of amides is 1. The molecule has 0 saturated heterocycles. The van der Waals surface area contributed by atoms with E-state index in [4.69, 9.17) is 5.14 Å². The maximum absolute atomic E-state index is 12.3. The van der Waals surface area contributed by atoms with Gasteiger partial charge in [-0.2, -0.15) is 5.10 Å². The van der Waals surface area contributed by atoms with Gasteiger partial charge in [-0.25, -0.2) is 18.6 Å². The van der Waals surface area contributed by atoms with E-state index in [1.807, 2.05) is 12.1 Å². The average Bonchev–Trinajstić information content (AvgIpc) is 2.61. The lowest BCUT2D eigenvalue weighted by molar-refractivity contribution is -0.118. The summed E-state index contributed by atoms with van der Waals surface area (Å²) in [6.07, 6.45) is 0.913. The third-order valence-electron chi connectivity index (χ3n) is 4.53. The summed E-state index contributed by atoms with van der Waals surface area (Å²) < 4.78 is 22.8. The third kappa shape index (κ3) is 4.26. The summed E-state index contributed by atoms with van der Waals surface area (Å²) in [5, 5.41) is 10.9. The highest BCUT2D eigenvalue weighted by molar-refractivity contribution is 7.89. The number of anilines is 1. The van der Waals surface area contributed by atoms with Gasteiger partial charge >= 0.3 is 0 Å². The number of nitrogens with zero attached hydrogens (tertiary/aromatic N) is 2. The number of hydrogen-bond acceptors (Lipinski definition) is 4. The van der Waals surface area contributed by atoms with E-state index in [1.165, 1.54) is 34.8 Å². The maximum Gasteiger partial charge on any atom is 0.247 e. The molecule has 2 N–H and O–H groups in total. The van der Waals surface area contributed by atoms with Crippen LogP contribution in [0.2, 0.25) is 0 Å². The zero-order chi connectivity index (χ0) is 19.8. The van der Waals surface area contributed by atoms with Crippen molar-refractivity contribution in [2.45, 2.75) is 43.9 Å². The smallest absolute Gasteiger partial charge is 0.247 e. The van der Waals surface area contributed by atoms with E-state index in [1.54, 1.807) is 0 Å². The van der Waals surface area contributed by atoms with Gasteiger partial charge in [0.05, 0.1) is 16.3 Å². The van der Waals surface area contributed by atoms with Crippen LogP contribution in [0.15, 0.2) is 58.5 Å². The Kier molecular flexibility index (Phi) is 4.92. The monoisotopic (exact) mass is 385 g/mol. The Labute approximate surface area is 159 Å². The van der Waals surface area contributed by atoms with Crippen molar-refractivity contribution in [1.82, 2.24) is 0 Å². The van der Waals surface area contributed by atoms with Gasteiger partial charge in [0.15, 0.2) is 0 Å². The normalized spacial score (nSPS) is 15.6. The molecular formula is C20H23N3O3S. The number of carbonyl (C=O) groups is 1. The molecule has 0 aliphatic carbocycles. The molecule has 0 spiro atoms. The van der Waals surface area contributed by atoms with E-state index >= 15 is 0 Å². The first-order chi connectivity index (χ1) is 12.6. The second kappa shape index (κ2) is 6.90. The zero-order valence-electron chi connectivity index (χ0n) is 15.6. The number of nitrogens with two attached hydrogens (primary N) is 1. The van der Waals surface area contributed by atoms with Crippen LogP contribution in [0.1, 0.15) is 44.7 Å². The molecule has 3 rings (SSSR count). The van der Waals surface area contributed by atoms with Crippen LogP contribution in [-0.2, 0) is 20.2 Å². The number of rotatable bonds is 3. The Bertz CT molecular complexity index is 986. The van der Waals surface area contributed by atoms with Crippen LogP contribution in [-0.4, -0.2) is 20.0 Å². The van der Waals surface area contributed by atoms with Crippen LogP contribution in [0.5, 0.6) is 0 Å². The SMILES string of the molecule is CC(C)(C)c1ccc(C2=NN(c3ccc(S(N)(=O)=O)cc3)C(=O)CC2)cc1. The van der Waals surface area contributed by atoms with E-state index in [2.05, 4.69) is 38.0 Å². The van der Waals surface area contributed by atoms with E-state index in [0.29, 0.717) is 18.5 Å². The fraction of sp³-hybridized carbons (Fsp3) is 0.300. The number of hydrazone groups is 1. The molecule has 6 nitrogen and oxygen atoms in total. The first kappa shape index (κ1) is 19.3. The molecule has 0 atom stereocenters. The minimum atomic E-state index is -3.77. The molecule has 27 heavy (non-hydrogen) atoms. The quantitative estimate of drug-likeness (QED) is 0.879. The molecule has 0 saturated carbocycles. The fourth-order valence-corrected chi connectivity index (χ4v) is 3.42. The molecule has 1 aliphatic heterocycles. The molecule has 1 amide bonds. The summed E-state index contributed by atoms with van der Waals surface area (Å²) in [7, 11) is -3.77.